The van der Waals surface area contributed by atoms with Crippen molar-refractivity contribution < 1.29 is 57.8 Å². The molecule has 1 saturated heterocycles. The van der Waals surface area contributed by atoms with Gasteiger partial charge in [-0.25, -0.2) is 9.59 Å². The zero-order chi connectivity index (χ0) is 45.8. The largest absolute Gasteiger partial charge is 0.497 e. The molecular weight excluding hydrogens is 835 g/mol. The molecule has 2 aliphatic carbocycles. The summed E-state index contributed by atoms with van der Waals surface area (Å²) in [7, 11) is 4.74. The van der Waals surface area contributed by atoms with E-state index in [1.54, 1.807) is 55.5 Å². The quantitative estimate of drug-likeness (QED) is 0.0560. The number of aliphatic hydroxyl groups excluding tert-OH is 2. The molecule has 15 nitrogen and oxygen atoms in total. The first-order valence-electron chi connectivity index (χ1n) is 22.7. The number of anilines is 1. The minimum Gasteiger partial charge on any atom is -0.497 e. The molecule has 350 valence electrons. The highest BCUT2D eigenvalue weighted by atomic mass is 16.8. The molecule has 7 atom stereocenters. The standard InChI is InChI=1S/C50H63N3O12/c1-5-26-62-50-44(53(2)49(57)61-32-33-15-7-6-8-16-33)31-41(52-65-45-19-11-14-27-60-45)38-28-34(17-9-12-24-54)37(18-10-13-25-55)46(47(38)50)39-29-36(21-23-42(39)64-50)63-48(56)51-40-22-20-35(58-3)30-43(40)59-4/h5-8,15-16,20-23,28-30,34,37,44-47,54-55H,1,9-14,17-19,24-27,31-32H2,2-4H3,(H,51,56)/t34-,37+,44-,45?,46+,47+,50+/m0/s1. The average Bonchev–Trinajstić information content (AvgIpc) is 3.33. The summed E-state index contributed by atoms with van der Waals surface area (Å²) in [6.07, 6.45) is 9.13. The Balaban J connectivity index is 1.35. The lowest BCUT2D eigenvalue weighted by molar-refractivity contribution is -0.254. The molecule has 2 fully saturated rings. The van der Waals surface area contributed by atoms with Gasteiger partial charge in [0.25, 0.3) is 0 Å². The van der Waals surface area contributed by atoms with E-state index >= 15 is 0 Å². The highest BCUT2D eigenvalue weighted by Crippen LogP contribution is 2.62. The van der Waals surface area contributed by atoms with E-state index in [1.165, 1.54) is 7.11 Å². The Hall–Kier alpha value is -5.61. The minimum absolute atomic E-state index is 0.00351. The number of nitrogens with one attached hydrogen (secondary N) is 1. The first-order valence-corrected chi connectivity index (χ1v) is 22.7. The summed E-state index contributed by atoms with van der Waals surface area (Å²) in [5.74, 6) is -0.719. The van der Waals surface area contributed by atoms with Crippen molar-refractivity contribution in [2.24, 2.45) is 22.9 Å². The van der Waals surface area contributed by atoms with E-state index in [-0.39, 0.29) is 56.4 Å². The van der Waals surface area contributed by atoms with Crippen molar-refractivity contribution in [1.82, 2.24) is 4.90 Å². The maximum atomic E-state index is 14.3. The van der Waals surface area contributed by atoms with Gasteiger partial charge in [-0.05, 0) is 91.8 Å². The number of aliphatic hydroxyl groups is 2. The van der Waals surface area contributed by atoms with Crippen LogP contribution in [0.4, 0.5) is 15.3 Å². The zero-order valence-electron chi connectivity index (χ0n) is 37.7. The predicted molar refractivity (Wildman–Crippen MR) is 243 cm³/mol. The molecule has 7 rings (SSSR count). The molecule has 15 heteroatoms. The topological polar surface area (TPSA) is 176 Å². The summed E-state index contributed by atoms with van der Waals surface area (Å²) in [5.41, 5.74) is 3.52. The summed E-state index contributed by atoms with van der Waals surface area (Å²) in [6, 6.07) is 19.0. The van der Waals surface area contributed by atoms with Crippen molar-refractivity contribution in [3.63, 3.8) is 0 Å². The van der Waals surface area contributed by atoms with Gasteiger partial charge in [0.15, 0.2) is 0 Å². The van der Waals surface area contributed by atoms with Crippen LogP contribution in [0.15, 0.2) is 96.2 Å². The van der Waals surface area contributed by atoms with Crippen LogP contribution < -0.4 is 24.3 Å². The first-order chi connectivity index (χ1) is 31.7. The summed E-state index contributed by atoms with van der Waals surface area (Å²) < 4.78 is 42.9. The number of unbranched alkanes of at least 4 members (excludes halogenated alkanes) is 2. The summed E-state index contributed by atoms with van der Waals surface area (Å²) in [4.78, 5) is 35.6. The number of benzene rings is 3. The minimum atomic E-state index is -1.49. The Morgan fingerprint density at radius 2 is 1.75 bits per heavy atom. The molecule has 0 radical (unpaired) electrons. The fraction of sp³-hybridized carbons (Fsp3) is 0.500. The number of methoxy groups -OCH3 is 2. The number of ether oxygens (including phenoxy) is 7. The van der Waals surface area contributed by atoms with Crippen molar-refractivity contribution in [3.8, 4) is 23.0 Å². The number of amides is 2. The molecule has 65 heavy (non-hydrogen) atoms. The van der Waals surface area contributed by atoms with Crippen LogP contribution in [0.1, 0.15) is 81.3 Å². The maximum Gasteiger partial charge on any atom is 0.417 e. The van der Waals surface area contributed by atoms with Gasteiger partial charge in [0, 0.05) is 50.7 Å². The van der Waals surface area contributed by atoms with E-state index in [1.807, 2.05) is 36.4 Å². The van der Waals surface area contributed by atoms with Crippen LogP contribution in [0.2, 0.25) is 0 Å². The number of oxime groups is 1. The van der Waals surface area contributed by atoms with Gasteiger partial charge >= 0.3 is 12.2 Å². The lowest BCUT2D eigenvalue weighted by Gasteiger charge is -2.59. The van der Waals surface area contributed by atoms with Gasteiger partial charge in [0.2, 0.25) is 12.1 Å². The fourth-order valence-corrected chi connectivity index (χ4v) is 9.80. The van der Waals surface area contributed by atoms with Crippen LogP contribution in [-0.4, -0.2) is 98.8 Å². The molecule has 4 aliphatic rings. The normalized spacial score (nSPS) is 24.9. The second-order valence-corrected chi connectivity index (χ2v) is 16.9. The van der Waals surface area contributed by atoms with Gasteiger partial charge in [-0.15, -0.1) is 6.58 Å². The first kappa shape index (κ1) is 47.4. The second-order valence-electron chi connectivity index (χ2n) is 16.9. The van der Waals surface area contributed by atoms with E-state index in [0.717, 1.165) is 55.2 Å². The number of likely N-dealkylation sites (N-methyl/N-ethyl adjacent to an activating group) is 1. The second kappa shape index (κ2) is 22.5. The zero-order valence-corrected chi connectivity index (χ0v) is 37.7. The molecule has 2 heterocycles. The van der Waals surface area contributed by atoms with Crippen molar-refractivity contribution in [3.05, 3.63) is 102 Å². The fourth-order valence-electron chi connectivity index (χ4n) is 9.80. The summed E-state index contributed by atoms with van der Waals surface area (Å²) in [6.45, 7) is 4.84. The summed E-state index contributed by atoms with van der Waals surface area (Å²) >= 11 is 0. The van der Waals surface area contributed by atoms with Crippen molar-refractivity contribution in [2.75, 3.05) is 53.0 Å². The van der Waals surface area contributed by atoms with Crippen LogP contribution in [0, 0.1) is 17.8 Å². The van der Waals surface area contributed by atoms with Crippen LogP contribution in [0.25, 0.3) is 0 Å². The molecule has 2 amide bonds. The third kappa shape index (κ3) is 10.9. The molecular formula is C50H63N3O12. The molecule has 3 aromatic carbocycles. The molecule has 0 aromatic heterocycles. The van der Waals surface area contributed by atoms with Crippen LogP contribution in [-0.2, 0) is 25.7 Å². The molecule has 0 bridgehead atoms. The number of carbonyl (C=O) groups is 2. The number of carbonyl (C=O) groups excluding carboxylic acids is 2. The lowest BCUT2D eigenvalue weighted by Crippen LogP contribution is -2.69. The van der Waals surface area contributed by atoms with Gasteiger partial charge in [-0.3, -0.25) is 5.32 Å². The molecule has 3 N–H and O–H groups in total. The lowest BCUT2D eigenvalue weighted by atomic mass is 9.55. The molecule has 2 aliphatic heterocycles. The third-order valence-corrected chi connectivity index (χ3v) is 12.9. The highest BCUT2D eigenvalue weighted by molar-refractivity contribution is 6.03. The molecule has 1 unspecified atom stereocenters. The van der Waals surface area contributed by atoms with Crippen molar-refractivity contribution in [2.45, 2.75) is 94.9 Å². The Morgan fingerprint density at radius 3 is 2.48 bits per heavy atom. The van der Waals surface area contributed by atoms with Crippen molar-refractivity contribution in [1.29, 1.82) is 0 Å². The van der Waals surface area contributed by atoms with Gasteiger partial charge < -0.3 is 53.1 Å². The van der Waals surface area contributed by atoms with Gasteiger partial charge in [-0.2, -0.15) is 0 Å². The number of allylic oxidation sites excluding steroid dienone is 1. The van der Waals surface area contributed by atoms with E-state index in [2.05, 4.69) is 18.0 Å². The molecule has 0 spiro atoms. The Labute approximate surface area is 381 Å². The van der Waals surface area contributed by atoms with Crippen LogP contribution in [0.5, 0.6) is 23.0 Å². The van der Waals surface area contributed by atoms with Crippen LogP contribution >= 0.6 is 0 Å². The Bertz CT molecular complexity index is 2140. The maximum absolute atomic E-state index is 14.3. The van der Waals surface area contributed by atoms with Gasteiger partial charge in [0.1, 0.15) is 35.6 Å². The SMILES string of the molecule is C=CCO[C@@]12Oc3ccc(OC(=O)Nc4ccc(OC)cc4OC)cc3[C@H]3[C@H](CCCCO)[C@@H](CCCCO)C=C(C(=NOC4CCCCO4)C[C@@H]1N(C)C(=O)OCc1ccccc1)[C@H]32. The van der Waals surface area contributed by atoms with E-state index in [0.29, 0.717) is 54.5 Å². The smallest absolute Gasteiger partial charge is 0.417 e. The molecule has 1 saturated carbocycles. The monoisotopic (exact) mass is 897 g/mol. The number of hydrogen-bond donors (Lipinski definition) is 3. The van der Waals surface area contributed by atoms with E-state index in [4.69, 9.17) is 43.2 Å². The van der Waals surface area contributed by atoms with Crippen molar-refractivity contribution >= 4 is 23.6 Å². The van der Waals surface area contributed by atoms with Crippen LogP contribution in [0.3, 0.4) is 0 Å². The van der Waals surface area contributed by atoms with E-state index in [9.17, 15) is 19.8 Å². The highest BCUT2D eigenvalue weighted by Gasteiger charge is 2.65. The Kier molecular flexibility index (Phi) is 16.4. The van der Waals surface area contributed by atoms with Gasteiger partial charge in [-0.1, -0.05) is 60.5 Å². The Morgan fingerprint density at radius 1 is 0.969 bits per heavy atom. The summed E-state index contributed by atoms with van der Waals surface area (Å²) in [5, 5.41) is 27.5. The number of rotatable bonds is 20. The van der Waals surface area contributed by atoms with E-state index < -0.39 is 36.2 Å². The third-order valence-electron chi connectivity index (χ3n) is 12.9. The number of fused-ring (bicyclic) bond motifs is 2. The average molecular weight is 898 g/mol. The molecule has 3 aromatic rings. The predicted octanol–water partition coefficient (Wildman–Crippen LogP) is 8.74. The number of hydrogen-bond acceptors (Lipinski definition) is 13. The number of nitrogens with zero attached hydrogens (tertiary/aromatic N) is 2. The van der Waals surface area contributed by atoms with Gasteiger partial charge in [0.05, 0.1) is 44.8 Å².